The molecule has 1 atom stereocenters. The Morgan fingerprint density at radius 2 is 1.69 bits per heavy atom. The number of hydrogen-bond acceptors (Lipinski definition) is 4. The zero-order chi connectivity index (χ0) is 20.2. The minimum absolute atomic E-state index is 0.0598. The van der Waals surface area contributed by atoms with E-state index in [1.165, 1.54) is 0 Å². The maximum atomic E-state index is 12.5. The molecule has 0 saturated carbocycles. The largest absolute Gasteiger partial charge is 0.323 e. The number of carbonyl (C=O) groups is 2. The molecule has 4 rings (SSSR count). The van der Waals surface area contributed by atoms with Gasteiger partial charge in [-0.15, -0.1) is 0 Å². The highest BCUT2D eigenvalue weighted by Gasteiger charge is 2.25. The number of aryl methyl sites for hydroxylation is 1. The Balaban J connectivity index is 1.42. The smallest absolute Gasteiger partial charge is 0.260 e. The van der Waals surface area contributed by atoms with Gasteiger partial charge < -0.3 is 5.32 Å². The zero-order valence-electron chi connectivity index (χ0n) is 15.8. The molecule has 1 amide bonds. The van der Waals surface area contributed by atoms with Gasteiger partial charge in [0, 0.05) is 22.9 Å². The molecule has 0 bridgehead atoms. The highest BCUT2D eigenvalue weighted by Crippen LogP contribution is 2.19. The second-order valence-corrected chi connectivity index (χ2v) is 6.74. The van der Waals surface area contributed by atoms with Crippen LogP contribution in [0.5, 0.6) is 0 Å². The molecule has 0 fully saturated rings. The van der Waals surface area contributed by atoms with Crippen molar-refractivity contribution >= 4 is 23.1 Å². The lowest BCUT2D eigenvalue weighted by molar-refractivity contribution is -0.671. The van der Waals surface area contributed by atoms with Gasteiger partial charge in [0.25, 0.3) is 5.91 Å². The van der Waals surface area contributed by atoms with Gasteiger partial charge in [-0.05, 0) is 36.4 Å². The number of pyridine rings is 1. The van der Waals surface area contributed by atoms with Crippen molar-refractivity contribution in [2.45, 2.75) is 6.10 Å². The number of carbonyl (C=O) groups excluding carboxylic acids is 2. The molecule has 1 aliphatic rings. The van der Waals surface area contributed by atoms with E-state index in [1.807, 2.05) is 54.3 Å². The van der Waals surface area contributed by atoms with Gasteiger partial charge in [-0.25, -0.2) is 4.57 Å². The van der Waals surface area contributed by atoms with Crippen molar-refractivity contribution < 1.29 is 19.0 Å². The van der Waals surface area contributed by atoms with E-state index in [9.17, 15) is 9.59 Å². The monoisotopic (exact) mass is 386 g/mol. The molecule has 2 aromatic carbocycles. The lowest BCUT2D eigenvalue weighted by Gasteiger charge is -2.09. The topological polar surface area (TPSA) is 71.3 Å². The van der Waals surface area contributed by atoms with Crippen molar-refractivity contribution in [1.29, 1.82) is 0 Å². The molecule has 2 heterocycles. The maximum absolute atomic E-state index is 12.5. The van der Waals surface area contributed by atoms with Gasteiger partial charge in [0.2, 0.25) is 0 Å². The molecule has 1 unspecified atom stereocenters. The van der Waals surface area contributed by atoms with Crippen molar-refractivity contribution in [1.82, 2.24) is 5.48 Å². The minimum atomic E-state index is -0.749. The summed E-state index contributed by atoms with van der Waals surface area (Å²) in [6.45, 7) is 0. The predicted molar refractivity (Wildman–Crippen MR) is 109 cm³/mol. The van der Waals surface area contributed by atoms with Crippen LogP contribution < -0.4 is 15.4 Å². The fourth-order valence-electron chi connectivity index (χ4n) is 3.05. The van der Waals surface area contributed by atoms with E-state index in [-0.39, 0.29) is 11.7 Å². The molecule has 0 radical (unpaired) electrons. The van der Waals surface area contributed by atoms with E-state index < -0.39 is 6.10 Å². The summed E-state index contributed by atoms with van der Waals surface area (Å²) in [6, 6.07) is 19.7. The highest BCUT2D eigenvalue weighted by atomic mass is 16.7. The molecule has 0 saturated heterocycles. The molecule has 29 heavy (non-hydrogen) atoms. The molecule has 0 aliphatic carbocycles. The first-order valence-electron chi connectivity index (χ1n) is 9.20. The van der Waals surface area contributed by atoms with Crippen molar-refractivity contribution in [3.63, 3.8) is 0 Å². The number of amides is 1. The Hall–Kier alpha value is -3.77. The molecule has 1 aromatic heterocycles. The van der Waals surface area contributed by atoms with E-state index in [2.05, 4.69) is 10.8 Å². The van der Waals surface area contributed by atoms with Gasteiger partial charge in [-0.1, -0.05) is 30.3 Å². The van der Waals surface area contributed by atoms with Crippen LogP contribution in [0.15, 0.2) is 85.2 Å². The Bertz CT molecular complexity index is 1080. The van der Waals surface area contributed by atoms with Crippen LogP contribution in [0.4, 0.5) is 5.69 Å². The normalized spacial score (nSPS) is 15.3. The SMILES string of the molecule is C[n+]1cccc(C2=CC(C(=O)Nc3ccc(C(=O)c4ccccc4)cc3)ON2)c1. The molecule has 144 valence electrons. The molecule has 2 N–H and O–H groups in total. The van der Waals surface area contributed by atoms with E-state index in [0.29, 0.717) is 16.8 Å². The van der Waals surface area contributed by atoms with Crippen LogP contribution in [0.25, 0.3) is 5.70 Å². The summed E-state index contributed by atoms with van der Waals surface area (Å²) in [6.07, 6.45) is 4.85. The number of ketones is 1. The molecular formula is C23H20N3O3+. The summed E-state index contributed by atoms with van der Waals surface area (Å²) in [5.74, 6) is -0.356. The van der Waals surface area contributed by atoms with Crippen LogP contribution in [-0.4, -0.2) is 17.8 Å². The van der Waals surface area contributed by atoms with Crippen LogP contribution in [0.1, 0.15) is 21.5 Å². The molecule has 6 nitrogen and oxygen atoms in total. The lowest BCUT2D eigenvalue weighted by atomic mass is 10.0. The first kappa shape index (κ1) is 18.6. The number of hydrogen-bond donors (Lipinski definition) is 2. The van der Waals surface area contributed by atoms with Gasteiger partial charge in [0.05, 0.1) is 11.3 Å². The quantitative estimate of drug-likeness (QED) is 0.522. The van der Waals surface area contributed by atoms with Gasteiger partial charge >= 0.3 is 0 Å². The average Bonchev–Trinajstić information content (AvgIpc) is 3.25. The molecule has 6 heteroatoms. The van der Waals surface area contributed by atoms with E-state index >= 15 is 0 Å². The Morgan fingerprint density at radius 3 is 2.41 bits per heavy atom. The number of nitrogens with one attached hydrogen (secondary N) is 2. The van der Waals surface area contributed by atoms with Crippen LogP contribution in [0.3, 0.4) is 0 Å². The molecule has 0 spiro atoms. The first-order valence-corrected chi connectivity index (χ1v) is 9.20. The number of nitrogens with zero attached hydrogens (tertiary/aromatic N) is 1. The average molecular weight is 386 g/mol. The fourth-order valence-corrected chi connectivity index (χ4v) is 3.05. The van der Waals surface area contributed by atoms with Crippen LogP contribution in [0.2, 0.25) is 0 Å². The molecular weight excluding hydrogens is 366 g/mol. The number of hydroxylamine groups is 1. The third-order valence-corrected chi connectivity index (χ3v) is 4.57. The number of anilines is 1. The van der Waals surface area contributed by atoms with Gasteiger partial charge in [0.1, 0.15) is 7.05 Å². The Kier molecular flexibility index (Phi) is 5.18. The number of aromatic nitrogens is 1. The van der Waals surface area contributed by atoms with E-state index in [1.54, 1.807) is 42.5 Å². The second kappa shape index (κ2) is 8.08. The summed E-state index contributed by atoms with van der Waals surface area (Å²) in [5, 5.41) is 2.81. The third-order valence-electron chi connectivity index (χ3n) is 4.57. The summed E-state index contributed by atoms with van der Waals surface area (Å²) in [5.41, 5.74) is 6.25. The number of rotatable bonds is 5. The molecule has 1 aliphatic heterocycles. The lowest BCUT2D eigenvalue weighted by Crippen LogP contribution is -2.28. The highest BCUT2D eigenvalue weighted by molar-refractivity contribution is 6.09. The van der Waals surface area contributed by atoms with Crippen molar-refractivity contribution in [2.24, 2.45) is 7.05 Å². The van der Waals surface area contributed by atoms with E-state index in [4.69, 9.17) is 4.84 Å². The van der Waals surface area contributed by atoms with Gasteiger partial charge in [-0.2, -0.15) is 0 Å². The second-order valence-electron chi connectivity index (χ2n) is 6.74. The van der Waals surface area contributed by atoms with Crippen molar-refractivity contribution in [3.05, 3.63) is 102 Å². The summed E-state index contributed by atoms with van der Waals surface area (Å²) in [7, 11) is 1.93. The van der Waals surface area contributed by atoms with Crippen LogP contribution in [0, 0.1) is 0 Å². The van der Waals surface area contributed by atoms with Crippen LogP contribution in [-0.2, 0) is 16.7 Å². The summed E-state index contributed by atoms with van der Waals surface area (Å²) >= 11 is 0. The third kappa shape index (κ3) is 4.23. The first-order chi connectivity index (χ1) is 14.1. The standard InChI is InChI=1S/C23H19N3O3/c1-26-13-5-8-18(15-26)20-14-21(29-25-20)23(28)24-19-11-9-17(10-12-19)22(27)16-6-3-2-4-7-16/h2-15,21,25H,1H3/p+1. The van der Waals surface area contributed by atoms with Crippen molar-refractivity contribution in [3.8, 4) is 0 Å². The van der Waals surface area contributed by atoms with Crippen molar-refractivity contribution in [2.75, 3.05) is 5.32 Å². The Labute approximate surface area is 168 Å². The summed E-state index contributed by atoms with van der Waals surface area (Å²) < 4.78 is 1.92. The number of benzene rings is 2. The van der Waals surface area contributed by atoms with Gasteiger partial charge in [-0.3, -0.25) is 19.9 Å². The fraction of sp³-hybridized carbons (Fsp3) is 0.0870. The van der Waals surface area contributed by atoms with Crippen LogP contribution >= 0.6 is 0 Å². The Morgan fingerprint density at radius 1 is 0.966 bits per heavy atom. The minimum Gasteiger partial charge on any atom is -0.323 e. The predicted octanol–water partition coefficient (Wildman–Crippen LogP) is 2.63. The molecule has 3 aromatic rings. The zero-order valence-corrected chi connectivity index (χ0v) is 15.8. The summed E-state index contributed by atoms with van der Waals surface area (Å²) in [4.78, 5) is 30.4. The van der Waals surface area contributed by atoms with Gasteiger partial charge in [0.15, 0.2) is 24.3 Å². The maximum Gasteiger partial charge on any atom is 0.260 e. The van der Waals surface area contributed by atoms with E-state index in [0.717, 1.165) is 11.3 Å².